The molecule has 0 radical (unpaired) electrons. The standard InChI is InChI=1S/C17H28N2O4/c1-12-11-14(13(2)23-12)16(21)19(9-10-22-6)8-7-15(20)18-17(3,4)5/h11H,7-10H2,1-6H3,(H,18,20). The van der Waals surface area contributed by atoms with Crippen LogP contribution in [0.2, 0.25) is 0 Å². The van der Waals surface area contributed by atoms with E-state index in [1.807, 2.05) is 20.8 Å². The number of methoxy groups -OCH3 is 1. The van der Waals surface area contributed by atoms with E-state index in [0.717, 1.165) is 0 Å². The van der Waals surface area contributed by atoms with Gasteiger partial charge < -0.3 is 19.4 Å². The van der Waals surface area contributed by atoms with E-state index in [-0.39, 0.29) is 23.8 Å². The van der Waals surface area contributed by atoms with Gasteiger partial charge in [0.1, 0.15) is 11.5 Å². The van der Waals surface area contributed by atoms with Crippen molar-refractivity contribution in [3.63, 3.8) is 0 Å². The van der Waals surface area contributed by atoms with Gasteiger partial charge >= 0.3 is 0 Å². The van der Waals surface area contributed by atoms with Gasteiger partial charge in [-0.3, -0.25) is 9.59 Å². The molecular formula is C17H28N2O4. The number of amides is 2. The van der Waals surface area contributed by atoms with Crippen molar-refractivity contribution in [1.82, 2.24) is 10.2 Å². The molecule has 1 N–H and O–H groups in total. The van der Waals surface area contributed by atoms with Gasteiger partial charge in [-0.15, -0.1) is 0 Å². The zero-order valence-electron chi connectivity index (χ0n) is 15.0. The van der Waals surface area contributed by atoms with Gasteiger partial charge in [0.2, 0.25) is 5.91 Å². The third-order valence-electron chi connectivity index (χ3n) is 3.25. The quantitative estimate of drug-likeness (QED) is 0.835. The Hall–Kier alpha value is -1.82. The van der Waals surface area contributed by atoms with Crippen LogP contribution in [0.15, 0.2) is 10.5 Å². The first kappa shape index (κ1) is 19.2. The van der Waals surface area contributed by atoms with Crippen LogP contribution in [-0.2, 0) is 9.53 Å². The number of furan rings is 1. The Balaban J connectivity index is 2.74. The predicted molar refractivity (Wildman–Crippen MR) is 88.5 cm³/mol. The van der Waals surface area contributed by atoms with Gasteiger partial charge in [-0.2, -0.15) is 0 Å². The van der Waals surface area contributed by atoms with Crippen molar-refractivity contribution in [2.45, 2.75) is 46.6 Å². The molecule has 0 aliphatic heterocycles. The van der Waals surface area contributed by atoms with Gasteiger partial charge in [-0.1, -0.05) is 0 Å². The molecule has 130 valence electrons. The molecule has 1 aromatic rings. The highest BCUT2D eigenvalue weighted by atomic mass is 16.5. The summed E-state index contributed by atoms with van der Waals surface area (Å²) in [4.78, 5) is 26.3. The number of carbonyl (C=O) groups is 2. The van der Waals surface area contributed by atoms with Crippen LogP contribution in [0.5, 0.6) is 0 Å². The Labute approximate surface area is 138 Å². The predicted octanol–water partition coefficient (Wildman–Crippen LogP) is 2.29. The van der Waals surface area contributed by atoms with Crippen molar-refractivity contribution >= 4 is 11.8 Å². The smallest absolute Gasteiger partial charge is 0.257 e. The third-order valence-corrected chi connectivity index (χ3v) is 3.25. The minimum Gasteiger partial charge on any atom is -0.466 e. The molecule has 0 bridgehead atoms. The molecule has 1 heterocycles. The second-order valence-electron chi connectivity index (χ2n) is 6.66. The molecule has 0 unspecified atom stereocenters. The highest BCUT2D eigenvalue weighted by molar-refractivity contribution is 5.95. The first-order valence-corrected chi connectivity index (χ1v) is 7.80. The molecule has 6 nitrogen and oxygen atoms in total. The highest BCUT2D eigenvalue weighted by Gasteiger charge is 2.22. The number of nitrogens with one attached hydrogen (secondary N) is 1. The molecule has 0 aromatic carbocycles. The maximum atomic E-state index is 12.7. The number of aryl methyl sites for hydroxylation is 2. The summed E-state index contributed by atoms with van der Waals surface area (Å²) >= 11 is 0. The van der Waals surface area contributed by atoms with Gasteiger partial charge in [0, 0.05) is 32.2 Å². The molecule has 0 spiro atoms. The molecule has 1 rings (SSSR count). The second kappa shape index (κ2) is 8.15. The van der Waals surface area contributed by atoms with Crippen LogP contribution < -0.4 is 5.32 Å². The minimum atomic E-state index is -0.281. The van der Waals surface area contributed by atoms with E-state index in [1.54, 1.807) is 31.9 Å². The van der Waals surface area contributed by atoms with Crippen LogP contribution in [0.1, 0.15) is 49.1 Å². The van der Waals surface area contributed by atoms with Gasteiger partial charge in [-0.05, 0) is 40.7 Å². The van der Waals surface area contributed by atoms with Crippen molar-refractivity contribution < 1.29 is 18.7 Å². The fourth-order valence-electron chi connectivity index (χ4n) is 2.25. The summed E-state index contributed by atoms with van der Waals surface area (Å²) in [5, 5.41) is 2.90. The molecule has 6 heteroatoms. The van der Waals surface area contributed by atoms with Crippen LogP contribution in [0.25, 0.3) is 0 Å². The normalized spacial score (nSPS) is 11.4. The summed E-state index contributed by atoms with van der Waals surface area (Å²) in [6.45, 7) is 10.5. The molecule has 0 saturated heterocycles. The molecule has 0 aliphatic rings. The van der Waals surface area contributed by atoms with Crippen molar-refractivity contribution in [2.75, 3.05) is 26.8 Å². The average Bonchev–Trinajstić information content (AvgIpc) is 2.75. The maximum absolute atomic E-state index is 12.7. The van der Waals surface area contributed by atoms with Crippen molar-refractivity contribution in [1.29, 1.82) is 0 Å². The maximum Gasteiger partial charge on any atom is 0.257 e. The first-order chi connectivity index (χ1) is 10.6. The minimum absolute atomic E-state index is 0.0761. The van der Waals surface area contributed by atoms with E-state index in [9.17, 15) is 9.59 Å². The van der Waals surface area contributed by atoms with E-state index in [4.69, 9.17) is 9.15 Å². The summed E-state index contributed by atoms with van der Waals surface area (Å²) < 4.78 is 10.5. The SMILES string of the molecule is COCCN(CCC(=O)NC(C)(C)C)C(=O)c1cc(C)oc1C. The number of carbonyl (C=O) groups excluding carboxylic acids is 2. The van der Waals surface area contributed by atoms with E-state index in [2.05, 4.69) is 5.32 Å². The lowest BCUT2D eigenvalue weighted by atomic mass is 10.1. The fraction of sp³-hybridized carbons (Fsp3) is 0.647. The van der Waals surface area contributed by atoms with Gasteiger partial charge in [0.05, 0.1) is 12.2 Å². The Bertz CT molecular complexity index is 543. The Kier molecular flexibility index (Phi) is 6.81. The molecule has 2 amide bonds. The number of ether oxygens (including phenoxy) is 1. The zero-order valence-corrected chi connectivity index (χ0v) is 15.0. The third kappa shape index (κ3) is 6.44. The topological polar surface area (TPSA) is 71.8 Å². The first-order valence-electron chi connectivity index (χ1n) is 7.80. The van der Waals surface area contributed by atoms with Crippen molar-refractivity contribution in [2.24, 2.45) is 0 Å². The van der Waals surface area contributed by atoms with E-state index in [0.29, 0.717) is 36.8 Å². The fourth-order valence-corrected chi connectivity index (χ4v) is 2.25. The van der Waals surface area contributed by atoms with Crippen LogP contribution in [0.4, 0.5) is 0 Å². The van der Waals surface area contributed by atoms with Gasteiger partial charge in [0.15, 0.2) is 0 Å². The Morgan fingerprint density at radius 2 is 1.91 bits per heavy atom. The summed E-state index contributed by atoms with van der Waals surface area (Å²) in [7, 11) is 1.59. The zero-order chi connectivity index (χ0) is 17.6. The number of hydrogen-bond donors (Lipinski definition) is 1. The second-order valence-corrected chi connectivity index (χ2v) is 6.66. The summed E-state index contributed by atoms with van der Waals surface area (Å²) in [5.74, 6) is 1.07. The average molecular weight is 324 g/mol. The number of hydrogen-bond acceptors (Lipinski definition) is 4. The van der Waals surface area contributed by atoms with Crippen molar-refractivity contribution in [3.05, 3.63) is 23.2 Å². The van der Waals surface area contributed by atoms with Crippen LogP contribution >= 0.6 is 0 Å². The van der Waals surface area contributed by atoms with E-state index >= 15 is 0 Å². The number of nitrogens with zero attached hydrogens (tertiary/aromatic N) is 1. The largest absolute Gasteiger partial charge is 0.466 e. The molecule has 0 aliphatic carbocycles. The van der Waals surface area contributed by atoms with E-state index in [1.165, 1.54) is 0 Å². The molecule has 23 heavy (non-hydrogen) atoms. The molecule has 0 atom stereocenters. The highest BCUT2D eigenvalue weighted by Crippen LogP contribution is 2.16. The molecule has 0 saturated carbocycles. The molecular weight excluding hydrogens is 296 g/mol. The monoisotopic (exact) mass is 324 g/mol. The molecule has 0 fully saturated rings. The summed E-state index contributed by atoms with van der Waals surface area (Å²) in [6, 6.07) is 1.73. The Morgan fingerprint density at radius 3 is 2.39 bits per heavy atom. The van der Waals surface area contributed by atoms with Gasteiger partial charge in [0.25, 0.3) is 5.91 Å². The summed E-state index contributed by atoms with van der Waals surface area (Å²) in [6.07, 6.45) is 0.253. The van der Waals surface area contributed by atoms with Crippen molar-refractivity contribution in [3.8, 4) is 0 Å². The van der Waals surface area contributed by atoms with Crippen LogP contribution in [0.3, 0.4) is 0 Å². The lowest BCUT2D eigenvalue weighted by Crippen LogP contribution is -2.43. The summed E-state index contributed by atoms with van der Waals surface area (Å²) in [5.41, 5.74) is 0.256. The lowest BCUT2D eigenvalue weighted by Gasteiger charge is -2.24. The van der Waals surface area contributed by atoms with Crippen LogP contribution in [-0.4, -0.2) is 49.1 Å². The van der Waals surface area contributed by atoms with Gasteiger partial charge in [-0.25, -0.2) is 0 Å². The molecule has 1 aromatic heterocycles. The Morgan fingerprint density at radius 1 is 1.26 bits per heavy atom. The van der Waals surface area contributed by atoms with Crippen LogP contribution in [0, 0.1) is 13.8 Å². The number of rotatable bonds is 7. The lowest BCUT2D eigenvalue weighted by molar-refractivity contribution is -0.122. The van der Waals surface area contributed by atoms with E-state index < -0.39 is 0 Å².